The van der Waals surface area contributed by atoms with E-state index in [-0.39, 0.29) is 5.56 Å². The minimum absolute atomic E-state index is 0.0983. The molecule has 1 aromatic heterocycles. The number of carboxylic acid groups (broad SMARTS) is 1. The molecule has 4 nitrogen and oxygen atoms in total. The van der Waals surface area contributed by atoms with E-state index in [1.54, 1.807) is 18.2 Å². The Morgan fingerprint density at radius 1 is 1.20 bits per heavy atom. The van der Waals surface area contributed by atoms with Crippen LogP contribution in [0.15, 0.2) is 36.5 Å². The molecule has 0 aliphatic rings. The number of ketones is 1. The maximum atomic E-state index is 11.1. The molecule has 1 aromatic carbocycles. The molecule has 0 spiro atoms. The fourth-order valence-electron chi connectivity index (χ4n) is 1.32. The van der Waals surface area contributed by atoms with Crippen LogP contribution in [-0.4, -0.2) is 21.8 Å². The van der Waals surface area contributed by atoms with Gasteiger partial charge in [0.2, 0.25) is 0 Å². The van der Waals surface area contributed by atoms with Crippen molar-refractivity contribution in [2.75, 3.05) is 0 Å². The number of para-hydroxylation sites is 1. The number of carboxylic acids is 1. The minimum atomic E-state index is -1.47. The number of rotatable bonds is 2. The second-order valence-corrected chi connectivity index (χ2v) is 3.05. The van der Waals surface area contributed by atoms with Crippen molar-refractivity contribution < 1.29 is 14.7 Å². The molecule has 0 aliphatic carbocycles. The van der Waals surface area contributed by atoms with Crippen molar-refractivity contribution in [3.8, 4) is 0 Å². The topological polar surface area (TPSA) is 67.3 Å². The molecule has 2 aromatic rings. The van der Waals surface area contributed by atoms with Crippen LogP contribution in [0, 0.1) is 0 Å². The van der Waals surface area contributed by atoms with E-state index in [2.05, 4.69) is 4.98 Å². The zero-order valence-corrected chi connectivity index (χ0v) is 7.68. The van der Waals surface area contributed by atoms with Crippen LogP contribution in [0.4, 0.5) is 0 Å². The van der Waals surface area contributed by atoms with Gasteiger partial charge in [-0.15, -0.1) is 0 Å². The molecule has 0 saturated heterocycles. The number of hydrogen-bond donors (Lipinski definition) is 1. The zero-order valence-electron chi connectivity index (χ0n) is 7.68. The van der Waals surface area contributed by atoms with Gasteiger partial charge in [-0.2, -0.15) is 0 Å². The van der Waals surface area contributed by atoms with Gasteiger partial charge in [0.25, 0.3) is 5.78 Å². The molecule has 0 saturated carbocycles. The van der Waals surface area contributed by atoms with Gasteiger partial charge < -0.3 is 5.11 Å². The van der Waals surface area contributed by atoms with Gasteiger partial charge in [0, 0.05) is 17.1 Å². The van der Waals surface area contributed by atoms with Crippen molar-refractivity contribution in [1.29, 1.82) is 0 Å². The first-order valence-electron chi connectivity index (χ1n) is 4.31. The first kappa shape index (κ1) is 9.33. The SMILES string of the molecule is O=C(O)C(=O)c1cnc2ccccc2c1. The lowest BCUT2D eigenvalue weighted by molar-refractivity contribution is -0.131. The Morgan fingerprint density at radius 3 is 2.67 bits per heavy atom. The molecule has 4 heteroatoms. The number of aliphatic carboxylic acids is 1. The number of fused-ring (bicyclic) bond motifs is 1. The van der Waals surface area contributed by atoms with Gasteiger partial charge in [-0.3, -0.25) is 9.78 Å². The van der Waals surface area contributed by atoms with Crippen molar-refractivity contribution in [1.82, 2.24) is 4.98 Å². The van der Waals surface area contributed by atoms with Crippen LogP contribution in [0.3, 0.4) is 0 Å². The van der Waals surface area contributed by atoms with Crippen LogP contribution in [0.2, 0.25) is 0 Å². The highest BCUT2D eigenvalue weighted by molar-refractivity contribution is 6.40. The van der Waals surface area contributed by atoms with Gasteiger partial charge in [-0.25, -0.2) is 4.79 Å². The summed E-state index contributed by atoms with van der Waals surface area (Å²) in [5, 5.41) is 9.28. The van der Waals surface area contributed by atoms with Gasteiger partial charge >= 0.3 is 5.97 Å². The third-order valence-electron chi connectivity index (χ3n) is 2.05. The molecular weight excluding hydrogens is 194 g/mol. The first-order valence-corrected chi connectivity index (χ1v) is 4.31. The van der Waals surface area contributed by atoms with E-state index in [0.717, 1.165) is 10.9 Å². The summed E-state index contributed by atoms with van der Waals surface area (Å²) in [6.45, 7) is 0. The molecule has 1 N–H and O–H groups in total. The fourth-order valence-corrected chi connectivity index (χ4v) is 1.32. The molecule has 0 amide bonds. The van der Waals surface area contributed by atoms with Crippen molar-refractivity contribution in [2.45, 2.75) is 0 Å². The predicted molar refractivity (Wildman–Crippen MR) is 53.7 cm³/mol. The van der Waals surface area contributed by atoms with E-state index in [1.165, 1.54) is 12.3 Å². The van der Waals surface area contributed by atoms with E-state index < -0.39 is 11.8 Å². The highest BCUT2D eigenvalue weighted by Crippen LogP contribution is 2.12. The average Bonchev–Trinajstić information content (AvgIpc) is 2.27. The van der Waals surface area contributed by atoms with Crippen LogP contribution in [0.25, 0.3) is 10.9 Å². The predicted octanol–water partition coefficient (Wildman–Crippen LogP) is 1.50. The molecule has 0 atom stereocenters. The summed E-state index contributed by atoms with van der Waals surface area (Å²) in [4.78, 5) is 25.6. The molecule has 0 aliphatic heterocycles. The van der Waals surface area contributed by atoms with E-state index in [1.807, 2.05) is 6.07 Å². The number of Topliss-reactive ketones (excluding diaryl/α,β-unsaturated/α-hetero) is 1. The summed E-state index contributed by atoms with van der Waals surface area (Å²) >= 11 is 0. The van der Waals surface area contributed by atoms with Crippen LogP contribution in [0.5, 0.6) is 0 Å². The maximum absolute atomic E-state index is 11.1. The zero-order chi connectivity index (χ0) is 10.8. The van der Waals surface area contributed by atoms with Gasteiger partial charge in [0.1, 0.15) is 0 Å². The normalized spacial score (nSPS) is 10.1. The highest BCUT2D eigenvalue weighted by Gasteiger charge is 2.14. The van der Waals surface area contributed by atoms with Crippen LogP contribution in [-0.2, 0) is 4.79 Å². The van der Waals surface area contributed by atoms with Crippen molar-refractivity contribution >= 4 is 22.7 Å². The van der Waals surface area contributed by atoms with Gasteiger partial charge in [-0.05, 0) is 12.1 Å². The number of nitrogens with zero attached hydrogens (tertiary/aromatic N) is 1. The molecule has 0 radical (unpaired) electrons. The fraction of sp³-hybridized carbons (Fsp3) is 0. The monoisotopic (exact) mass is 201 g/mol. The third-order valence-corrected chi connectivity index (χ3v) is 2.05. The third kappa shape index (κ3) is 1.69. The number of hydrogen-bond acceptors (Lipinski definition) is 3. The highest BCUT2D eigenvalue weighted by atomic mass is 16.4. The van der Waals surface area contributed by atoms with Gasteiger partial charge in [0.05, 0.1) is 5.52 Å². The molecule has 0 fully saturated rings. The van der Waals surface area contributed by atoms with Crippen LogP contribution in [0.1, 0.15) is 10.4 Å². The van der Waals surface area contributed by atoms with Gasteiger partial charge in [-0.1, -0.05) is 18.2 Å². The molecule has 74 valence electrons. The van der Waals surface area contributed by atoms with Crippen LogP contribution < -0.4 is 0 Å². The Labute approximate surface area is 85.2 Å². The number of pyridine rings is 1. The lowest BCUT2D eigenvalue weighted by atomic mass is 10.1. The summed E-state index contributed by atoms with van der Waals surface area (Å²) < 4.78 is 0. The summed E-state index contributed by atoms with van der Waals surface area (Å²) in [6, 6.07) is 8.73. The van der Waals surface area contributed by atoms with E-state index >= 15 is 0 Å². The number of carbonyl (C=O) groups excluding carboxylic acids is 1. The Balaban J connectivity index is 2.56. The molecule has 0 bridgehead atoms. The Kier molecular flexibility index (Phi) is 2.17. The average molecular weight is 201 g/mol. The van der Waals surface area contributed by atoms with Crippen molar-refractivity contribution in [3.63, 3.8) is 0 Å². The van der Waals surface area contributed by atoms with E-state index in [9.17, 15) is 9.59 Å². The second kappa shape index (κ2) is 3.49. The maximum Gasteiger partial charge on any atom is 0.377 e. The first-order chi connectivity index (χ1) is 7.18. The number of benzene rings is 1. The van der Waals surface area contributed by atoms with Crippen LogP contribution >= 0.6 is 0 Å². The summed E-state index contributed by atoms with van der Waals surface area (Å²) in [7, 11) is 0. The Morgan fingerprint density at radius 2 is 1.93 bits per heavy atom. The quantitative estimate of drug-likeness (QED) is 0.590. The van der Waals surface area contributed by atoms with Gasteiger partial charge in [0.15, 0.2) is 0 Å². The second-order valence-electron chi connectivity index (χ2n) is 3.05. The lowest BCUT2D eigenvalue weighted by Crippen LogP contribution is -2.12. The number of carbonyl (C=O) groups is 2. The molecule has 2 rings (SSSR count). The number of aromatic nitrogens is 1. The Bertz CT molecular complexity index is 548. The summed E-state index contributed by atoms with van der Waals surface area (Å²) in [6.07, 6.45) is 1.28. The lowest BCUT2D eigenvalue weighted by Gasteiger charge is -1.98. The molecule has 1 heterocycles. The molecule has 15 heavy (non-hydrogen) atoms. The van der Waals surface area contributed by atoms with E-state index in [4.69, 9.17) is 5.11 Å². The largest absolute Gasteiger partial charge is 0.475 e. The molecule has 0 unspecified atom stereocenters. The smallest absolute Gasteiger partial charge is 0.377 e. The van der Waals surface area contributed by atoms with Crippen molar-refractivity contribution in [3.05, 3.63) is 42.1 Å². The minimum Gasteiger partial charge on any atom is -0.475 e. The summed E-state index contributed by atoms with van der Waals surface area (Å²) in [5.74, 6) is -2.40. The molecular formula is C11H7NO3. The van der Waals surface area contributed by atoms with Crippen molar-refractivity contribution in [2.24, 2.45) is 0 Å². The summed E-state index contributed by atoms with van der Waals surface area (Å²) in [5.41, 5.74) is 0.834. The standard InChI is InChI=1S/C11H7NO3/c13-10(11(14)15)8-5-7-3-1-2-4-9(7)12-6-8/h1-6H,(H,14,15). The van der Waals surface area contributed by atoms with E-state index in [0.29, 0.717) is 0 Å². The Hall–Kier alpha value is -2.23.